The molecule has 88 valence electrons. The molecule has 1 aliphatic rings. The third-order valence-corrected chi connectivity index (χ3v) is 3.15. The van der Waals surface area contributed by atoms with E-state index in [2.05, 4.69) is 5.32 Å². The summed E-state index contributed by atoms with van der Waals surface area (Å²) in [5.74, 6) is -0.125. The molecule has 1 aromatic carbocycles. The molecule has 1 N–H and O–H groups in total. The molecular formula is C13H19FN2. The van der Waals surface area contributed by atoms with Crippen LogP contribution in [0.4, 0.5) is 10.1 Å². The van der Waals surface area contributed by atoms with Crippen LogP contribution >= 0.6 is 0 Å². The summed E-state index contributed by atoms with van der Waals surface area (Å²) in [4.78, 5) is 1.86. The lowest BCUT2D eigenvalue weighted by atomic mass is 10.0. The molecule has 1 saturated heterocycles. The van der Waals surface area contributed by atoms with E-state index in [1.165, 1.54) is 18.9 Å². The second-order valence-electron chi connectivity index (χ2n) is 4.64. The highest BCUT2D eigenvalue weighted by Gasteiger charge is 2.18. The van der Waals surface area contributed by atoms with Crippen LogP contribution in [-0.4, -0.2) is 26.7 Å². The maximum absolute atomic E-state index is 13.7. The van der Waals surface area contributed by atoms with Gasteiger partial charge in [0.2, 0.25) is 0 Å². The Morgan fingerprint density at radius 2 is 2.25 bits per heavy atom. The van der Waals surface area contributed by atoms with E-state index in [1.807, 2.05) is 25.1 Å². The van der Waals surface area contributed by atoms with E-state index in [-0.39, 0.29) is 5.82 Å². The Kier molecular flexibility index (Phi) is 3.44. The van der Waals surface area contributed by atoms with E-state index in [0.29, 0.717) is 6.04 Å². The first-order valence-electron chi connectivity index (χ1n) is 5.86. The highest BCUT2D eigenvalue weighted by atomic mass is 19.1. The maximum Gasteiger partial charge on any atom is 0.146 e. The predicted molar refractivity (Wildman–Crippen MR) is 65.5 cm³/mol. The summed E-state index contributed by atoms with van der Waals surface area (Å²) in [5.41, 5.74) is 1.83. The van der Waals surface area contributed by atoms with E-state index in [4.69, 9.17) is 0 Å². The molecule has 0 aliphatic carbocycles. The van der Waals surface area contributed by atoms with Crippen molar-refractivity contribution in [3.8, 4) is 0 Å². The topological polar surface area (TPSA) is 15.3 Å². The van der Waals surface area contributed by atoms with Gasteiger partial charge in [-0.25, -0.2) is 4.39 Å². The normalized spacial score (nSPS) is 20.1. The number of benzene rings is 1. The third kappa shape index (κ3) is 2.35. The lowest BCUT2D eigenvalue weighted by Crippen LogP contribution is -2.25. The van der Waals surface area contributed by atoms with Crippen molar-refractivity contribution in [2.45, 2.75) is 25.3 Å². The van der Waals surface area contributed by atoms with Crippen LogP contribution in [0.15, 0.2) is 18.2 Å². The van der Waals surface area contributed by atoms with Gasteiger partial charge < -0.3 is 10.2 Å². The van der Waals surface area contributed by atoms with Gasteiger partial charge in [0.25, 0.3) is 0 Å². The van der Waals surface area contributed by atoms with Crippen molar-refractivity contribution in [1.82, 2.24) is 5.32 Å². The van der Waals surface area contributed by atoms with E-state index in [9.17, 15) is 4.39 Å². The first kappa shape index (κ1) is 11.4. The standard InChI is InChI=1S/C13H19FN2/c1-16(2)13-10(5-3-7-12(13)14)9-11-6-4-8-15-11/h3,5,7,11,15H,4,6,8-9H2,1-2H3. The molecule has 1 fully saturated rings. The number of nitrogens with zero attached hydrogens (tertiary/aromatic N) is 1. The first-order valence-corrected chi connectivity index (χ1v) is 5.86. The molecule has 16 heavy (non-hydrogen) atoms. The third-order valence-electron chi connectivity index (χ3n) is 3.15. The Morgan fingerprint density at radius 3 is 2.88 bits per heavy atom. The van der Waals surface area contributed by atoms with Gasteiger partial charge in [-0.3, -0.25) is 0 Å². The smallest absolute Gasteiger partial charge is 0.146 e. The Morgan fingerprint density at radius 1 is 1.44 bits per heavy atom. The average Bonchev–Trinajstić information content (AvgIpc) is 2.70. The summed E-state index contributed by atoms with van der Waals surface area (Å²) >= 11 is 0. The Bertz CT molecular complexity index is 357. The fourth-order valence-corrected chi connectivity index (χ4v) is 2.42. The number of para-hydroxylation sites is 1. The van der Waals surface area contributed by atoms with Gasteiger partial charge in [-0.1, -0.05) is 12.1 Å². The summed E-state index contributed by atoms with van der Waals surface area (Å²) < 4.78 is 13.7. The van der Waals surface area contributed by atoms with E-state index in [1.54, 1.807) is 6.07 Å². The lowest BCUT2D eigenvalue weighted by molar-refractivity contribution is 0.592. The van der Waals surface area contributed by atoms with E-state index in [0.717, 1.165) is 24.2 Å². The first-order chi connectivity index (χ1) is 7.68. The quantitative estimate of drug-likeness (QED) is 0.843. The van der Waals surface area contributed by atoms with Gasteiger partial charge >= 0.3 is 0 Å². The zero-order chi connectivity index (χ0) is 11.5. The van der Waals surface area contributed by atoms with E-state index >= 15 is 0 Å². The van der Waals surface area contributed by atoms with Gasteiger partial charge in [-0.05, 0) is 37.4 Å². The van der Waals surface area contributed by atoms with E-state index < -0.39 is 0 Å². The van der Waals surface area contributed by atoms with Gasteiger partial charge in [-0.15, -0.1) is 0 Å². The van der Waals surface area contributed by atoms with Crippen molar-refractivity contribution < 1.29 is 4.39 Å². The van der Waals surface area contributed by atoms with Crippen LogP contribution in [0.5, 0.6) is 0 Å². The van der Waals surface area contributed by atoms with Crippen molar-refractivity contribution >= 4 is 5.69 Å². The number of hydrogen-bond donors (Lipinski definition) is 1. The zero-order valence-electron chi connectivity index (χ0n) is 9.96. The molecule has 1 aromatic rings. The molecule has 1 atom stereocenters. The minimum atomic E-state index is -0.125. The molecule has 0 spiro atoms. The van der Waals surface area contributed by atoms with Crippen LogP contribution in [0.1, 0.15) is 18.4 Å². The van der Waals surface area contributed by atoms with Crippen LogP contribution in [0, 0.1) is 5.82 Å². The van der Waals surface area contributed by atoms with Gasteiger partial charge in [0.15, 0.2) is 0 Å². The Labute approximate surface area is 96.5 Å². The Hall–Kier alpha value is -1.09. The predicted octanol–water partition coefficient (Wildman–Crippen LogP) is 2.19. The van der Waals surface area contributed by atoms with Crippen LogP contribution < -0.4 is 10.2 Å². The number of nitrogens with one attached hydrogen (secondary N) is 1. The molecule has 2 nitrogen and oxygen atoms in total. The average molecular weight is 222 g/mol. The fraction of sp³-hybridized carbons (Fsp3) is 0.538. The number of hydrogen-bond acceptors (Lipinski definition) is 2. The minimum absolute atomic E-state index is 0.125. The fourth-order valence-electron chi connectivity index (χ4n) is 2.42. The van der Waals surface area contributed by atoms with Crippen molar-refractivity contribution in [3.63, 3.8) is 0 Å². The summed E-state index contributed by atoms with van der Waals surface area (Å²) in [7, 11) is 3.79. The number of anilines is 1. The highest BCUT2D eigenvalue weighted by Crippen LogP contribution is 2.25. The molecule has 1 unspecified atom stereocenters. The van der Waals surface area contributed by atoms with Gasteiger partial charge in [0.1, 0.15) is 5.82 Å². The van der Waals surface area contributed by atoms with Crippen molar-refractivity contribution in [2.75, 3.05) is 25.5 Å². The van der Waals surface area contributed by atoms with Gasteiger partial charge in [0.05, 0.1) is 5.69 Å². The summed E-state index contributed by atoms with van der Waals surface area (Å²) in [6, 6.07) is 5.87. The number of halogens is 1. The van der Waals surface area contributed by atoms with Crippen LogP contribution in [0.2, 0.25) is 0 Å². The molecule has 0 saturated carbocycles. The SMILES string of the molecule is CN(C)c1c(F)cccc1CC1CCCN1. The van der Waals surface area contributed by atoms with Crippen molar-refractivity contribution in [2.24, 2.45) is 0 Å². The maximum atomic E-state index is 13.7. The Balaban J connectivity index is 2.21. The largest absolute Gasteiger partial charge is 0.375 e. The molecule has 1 heterocycles. The molecule has 3 heteroatoms. The van der Waals surface area contributed by atoms with Gasteiger partial charge in [0, 0.05) is 20.1 Å². The summed E-state index contributed by atoms with van der Waals surface area (Å²) in [6.45, 7) is 1.09. The molecule has 1 aliphatic heterocycles. The molecular weight excluding hydrogens is 203 g/mol. The monoisotopic (exact) mass is 222 g/mol. The summed E-state index contributed by atoms with van der Waals surface area (Å²) in [5, 5.41) is 3.45. The summed E-state index contributed by atoms with van der Waals surface area (Å²) in [6.07, 6.45) is 3.35. The molecule has 2 rings (SSSR count). The second kappa shape index (κ2) is 4.83. The molecule has 0 aromatic heterocycles. The molecule has 0 bridgehead atoms. The zero-order valence-corrected chi connectivity index (χ0v) is 9.96. The molecule has 0 radical (unpaired) electrons. The number of rotatable bonds is 3. The minimum Gasteiger partial charge on any atom is -0.375 e. The second-order valence-corrected chi connectivity index (χ2v) is 4.64. The van der Waals surface area contributed by atoms with Crippen LogP contribution in [0.25, 0.3) is 0 Å². The van der Waals surface area contributed by atoms with Crippen molar-refractivity contribution in [1.29, 1.82) is 0 Å². The van der Waals surface area contributed by atoms with Gasteiger partial charge in [-0.2, -0.15) is 0 Å². The van der Waals surface area contributed by atoms with Crippen molar-refractivity contribution in [3.05, 3.63) is 29.6 Å². The lowest BCUT2D eigenvalue weighted by Gasteiger charge is -2.20. The molecule has 0 amide bonds. The van der Waals surface area contributed by atoms with Crippen LogP contribution in [-0.2, 0) is 6.42 Å². The van der Waals surface area contributed by atoms with Crippen LogP contribution in [0.3, 0.4) is 0 Å². The highest BCUT2D eigenvalue weighted by molar-refractivity contribution is 5.54.